The van der Waals surface area contributed by atoms with E-state index in [-0.39, 0.29) is 0 Å². The first-order chi connectivity index (χ1) is 4.63. The van der Waals surface area contributed by atoms with E-state index >= 15 is 0 Å². The summed E-state index contributed by atoms with van der Waals surface area (Å²) in [6, 6.07) is 0.511. The van der Waals surface area contributed by atoms with Crippen LogP contribution >= 0.6 is 0 Å². The van der Waals surface area contributed by atoms with E-state index in [0.29, 0.717) is 6.04 Å². The minimum absolute atomic E-state index is 0.511. The molecule has 0 aromatic carbocycles. The molecule has 1 aliphatic rings. The zero-order valence-corrected chi connectivity index (χ0v) is 7.30. The highest BCUT2D eigenvalue weighted by Gasteiger charge is 2.32. The average molecular weight is 141 g/mol. The fourth-order valence-electron chi connectivity index (χ4n) is 1.70. The molecule has 0 aromatic heterocycles. The molecular formula is C9H19N. The summed E-state index contributed by atoms with van der Waals surface area (Å²) in [5.41, 5.74) is 5.86. The fourth-order valence-corrected chi connectivity index (χ4v) is 1.70. The van der Waals surface area contributed by atoms with Gasteiger partial charge in [0.1, 0.15) is 0 Å². The second-order valence-corrected chi connectivity index (χ2v) is 4.01. The summed E-state index contributed by atoms with van der Waals surface area (Å²) in [7, 11) is 0. The largest absolute Gasteiger partial charge is 0.327 e. The van der Waals surface area contributed by atoms with Crippen molar-refractivity contribution in [2.24, 2.45) is 23.5 Å². The molecule has 3 unspecified atom stereocenters. The van der Waals surface area contributed by atoms with Gasteiger partial charge in [-0.1, -0.05) is 20.8 Å². The Morgan fingerprint density at radius 3 is 1.90 bits per heavy atom. The van der Waals surface area contributed by atoms with Gasteiger partial charge in [-0.2, -0.15) is 0 Å². The summed E-state index contributed by atoms with van der Waals surface area (Å²) in [6.45, 7) is 6.90. The molecule has 1 fully saturated rings. The second-order valence-electron chi connectivity index (χ2n) is 4.01. The van der Waals surface area contributed by atoms with Gasteiger partial charge in [-0.25, -0.2) is 0 Å². The van der Waals surface area contributed by atoms with E-state index in [9.17, 15) is 0 Å². The van der Waals surface area contributed by atoms with Gasteiger partial charge in [-0.3, -0.25) is 0 Å². The van der Waals surface area contributed by atoms with Gasteiger partial charge in [0.2, 0.25) is 0 Å². The molecule has 0 amide bonds. The predicted molar refractivity (Wildman–Crippen MR) is 44.7 cm³/mol. The summed E-state index contributed by atoms with van der Waals surface area (Å²) in [4.78, 5) is 0. The Bertz CT molecular complexity index is 105. The normalized spacial score (nSPS) is 35.7. The maximum absolute atomic E-state index is 5.86. The second kappa shape index (κ2) is 2.91. The van der Waals surface area contributed by atoms with Crippen LogP contribution in [0.15, 0.2) is 0 Å². The third kappa shape index (κ3) is 1.34. The maximum Gasteiger partial charge on any atom is 0.00699 e. The molecule has 0 aliphatic heterocycles. The van der Waals surface area contributed by atoms with Gasteiger partial charge in [0, 0.05) is 6.04 Å². The van der Waals surface area contributed by atoms with Crippen molar-refractivity contribution in [3.8, 4) is 0 Å². The molecule has 3 atom stereocenters. The van der Waals surface area contributed by atoms with Crippen molar-refractivity contribution in [3.05, 3.63) is 0 Å². The number of nitrogens with two attached hydrogens (primary N) is 1. The van der Waals surface area contributed by atoms with Crippen LogP contribution in [-0.4, -0.2) is 6.04 Å². The molecule has 0 radical (unpaired) electrons. The van der Waals surface area contributed by atoms with E-state index < -0.39 is 0 Å². The van der Waals surface area contributed by atoms with Gasteiger partial charge >= 0.3 is 0 Å². The first-order valence-corrected chi connectivity index (χ1v) is 4.38. The number of hydrogen-bond acceptors (Lipinski definition) is 1. The van der Waals surface area contributed by atoms with E-state index in [1.165, 1.54) is 12.8 Å². The highest BCUT2D eigenvalue weighted by molar-refractivity contribution is 4.87. The van der Waals surface area contributed by atoms with Crippen molar-refractivity contribution in [2.45, 2.75) is 39.7 Å². The molecule has 1 rings (SSSR count). The standard InChI is InChI=1S/C9H19N/c1-6(2)7(3)8-4-5-9(8)10/h6-9H,4-5,10H2,1-3H3. The monoisotopic (exact) mass is 141 g/mol. The van der Waals surface area contributed by atoms with Crippen LogP contribution in [0.2, 0.25) is 0 Å². The van der Waals surface area contributed by atoms with Crippen LogP contribution in [0.25, 0.3) is 0 Å². The summed E-state index contributed by atoms with van der Waals surface area (Å²) >= 11 is 0. The van der Waals surface area contributed by atoms with Crippen molar-refractivity contribution in [3.63, 3.8) is 0 Å². The molecule has 1 saturated carbocycles. The van der Waals surface area contributed by atoms with E-state index in [4.69, 9.17) is 5.73 Å². The minimum atomic E-state index is 0.511. The van der Waals surface area contributed by atoms with Crippen LogP contribution in [0.1, 0.15) is 33.6 Å². The lowest BCUT2D eigenvalue weighted by molar-refractivity contribution is 0.142. The van der Waals surface area contributed by atoms with Crippen molar-refractivity contribution >= 4 is 0 Å². The minimum Gasteiger partial charge on any atom is -0.327 e. The zero-order chi connectivity index (χ0) is 7.72. The Morgan fingerprint density at radius 2 is 1.80 bits per heavy atom. The average Bonchev–Trinajstić information content (AvgIpc) is 1.84. The van der Waals surface area contributed by atoms with Crippen molar-refractivity contribution < 1.29 is 0 Å². The molecule has 0 spiro atoms. The van der Waals surface area contributed by atoms with Gasteiger partial charge in [0.05, 0.1) is 0 Å². The first kappa shape index (κ1) is 8.06. The van der Waals surface area contributed by atoms with Crippen LogP contribution < -0.4 is 5.73 Å². The molecule has 1 aliphatic carbocycles. The molecule has 1 nitrogen and oxygen atoms in total. The summed E-state index contributed by atoms with van der Waals surface area (Å²) < 4.78 is 0. The Balaban J connectivity index is 2.34. The van der Waals surface area contributed by atoms with Gasteiger partial charge in [-0.15, -0.1) is 0 Å². The SMILES string of the molecule is CC(C)C(C)C1CCC1N. The van der Waals surface area contributed by atoms with E-state index in [2.05, 4.69) is 20.8 Å². The summed E-state index contributed by atoms with van der Waals surface area (Å²) in [5, 5.41) is 0. The molecule has 2 N–H and O–H groups in total. The van der Waals surface area contributed by atoms with Crippen LogP contribution in [0.3, 0.4) is 0 Å². The van der Waals surface area contributed by atoms with Gasteiger partial charge in [0.25, 0.3) is 0 Å². The van der Waals surface area contributed by atoms with Crippen LogP contribution in [0, 0.1) is 17.8 Å². The lowest BCUT2D eigenvalue weighted by Crippen LogP contribution is -2.44. The Labute approximate surface area is 64.0 Å². The smallest absolute Gasteiger partial charge is 0.00699 e. The summed E-state index contributed by atoms with van der Waals surface area (Å²) in [5.74, 6) is 2.44. The lowest BCUT2D eigenvalue weighted by atomic mass is 9.69. The van der Waals surface area contributed by atoms with Gasteiger partial charge in [0.15, 0.2) is 0 Å². The molecule has 0 heterocycles. The Kier molecular flexibility index (Phi) is 2.35. The van der Waals surface area contributed by atoms with Gasteiger partial charge in [-0.05, 0) is 30.6 Å². The van der Waals surface area contributed by atoms with E-state index in [1.807, 2.05) is 0 Å². The van der Waals surface area contributed by atoms with Crippen molar-refractivity contribution in [2.75, 3.05) is 0 Å². The molecule has 0 saturated heterocycles. The number of hydrogen-bond donors (Lipinski definition) is 1. The topological polar surface area (TPSA) is 26.0 Å². The van der Waals surface area contributed by atoms with E-state index in [1.54, 1.807) is 0 Å². The number of rotatable bonds is 2. The zero-order valence-electron chi connectivity index (χ0n) is 7.30. The highest BCUT2D eigenvalue weighted by Crippen LogP contribution is 2.35. The fraction of sp³-hybridized carbons (Fsp3) is 1.00. The van der Waals surface area contributed by atoms with Crippen LogP contribution in [0.4, 0.5) is 0 Å². The third-order valence-electron chi connectivity index (χ3n) is 3.11. The highest BCUT2D eigenvalue weighted by atomic mass is 14.7. The summed E-state index contributed by atoms with van der Waals surface area (Å²) in [6.07, 6.45) is 2.61. The van der Waals surface area contributed by atoms with Crippen molar-refractivity contribution in [1.82, 2.24) is 0 Å². The predicted octanol–water partition coefficient (Wildman–Crippen LogP) is 2.02. The molecule has 60 valence electrons. The van der Waals surface area contributed by atoms with Crippen LogP contribution in [-0.2, 0) is 0 Å². The molecule has 1 heteroatoms. The van der Waals surface area contributed by atoms with Crippen LogP contribution in [0.5, 0.6) is 0 Å². The van der Waals surface area contributed by atoms with Gasteiger partial charge < -0.3 is 5.73 Å². The molecule has 10 heavy (non-hydrogen) atoms. The lowest BCUT2D eigenvalue weighted by Gasteiger charge is -2.40. The van der Waals surface area contributed by atoms with E-state index in [0.717, 1.165) is 17.8 Å². The first-order valence-electron chi connectivity index (χ1n) is 4.38. The maximum atomic E-state index is 5.86. The quantitative estimate of drug-likeness (QED) is 0.625. The Hall–Kier alpha value is -0.0400. The van der Waals surface area contributed by atoms with Crippen molar-refractivity contribution in [1.29, 1.82) is 0 Å². The third-order valence-corrected chi connectivity index (χ3v) is 3.11. The molecule has 0 aromatic rings. The Morgan fingerprint density at radius 1 is 1.20 bits per heavy atom. The molecular weight excluding hydrogens is 122 g/mol. The molecule has 0 bridgehead atoms.